The lowest BCUT2D eigenvalue weighted by Gasteiger charge is -2.36. The van der Waals surface area contributed by atoms with Crippen LogP contribution in [0.3, 0.4) is 0 Å². The number of hydrogen-bond donors (Lipinski definition) is 0. The Labute approximate surface area is 232 Å². The van der Waals surface area contributed by atoms with Gasteiger partial charge in [-0.15, -0.1) is 0 Å². The number of aromatic nitrogens is 2. The zero-order valence-electron chi connectivity index (χ0n) is 21.8. The molecule has 0 saturated carbocycles. The van der Waals surface area contributed by atoms with E-state index in [4.69, 9.17) is 4.98 Å². The number of rotatable bonds is 3. The number of allylic oxidation sites excluding steroid dienone is 4. The largest absolute Gasteiger partial charge is 0.292 e. The molecule has 0 spiro atoms. The maximum Gasteiger partial charge on any atom is 0.145 e. The molecule has 4 aromatic carbocycles. The van der Waals surface area contributed by atoms with Gasteiger partial charge in [0, 0.05) is 21.1 Å². The minimum atomic E-state index is -0.0404. The molecule has 1 aromatic heterocycles. The standard InChI is InChI=1S/C35H29BrN2/c1-34(2)28-18-16-24(21-29(28)35(3)22-26(36)17-19-32(34)35)23-10-9-11-25(20-23)33-37-30-14-7-8-15-31(30)38(33)27-12-5-4-6-13-27/h4-22,32H,1-3H3. The molecule has 7 rings (SSSR count). The fraction of sp³-hybridized carbons (Fsp3) is 0.171. The Hall–Kier alpha value is -3.69. The summed E-state index contributed by atoms with van der Waals surface area (Å²) in [6, 6.07) is 34.8. The van der Waals surface area contributed by atoms with Gasteiger partial charge in [0.25, 0.3) is 0 Å². The molecule has 0 amide bonds. The van der Waals surface area contributed by atoms with E-state index < -0.39 is 0 Å². The normalized spacial score (nSPS) is 21.3. The number of nitrogens with zero attached hydrogens (tertiary/aromatic N) is 2. The van der Waals surface area contributed by atoms with Crippen molar-refractivity contribution in [3.63, 3.8) is 0 Å². The minimum absolute atomic E-state index is 0.0404. The first-order chi connectivity index (χ1) is 18.4. The number of halogens is 1. The maximum absolute atomic E-state index is 5.09. The fourth-order valence-corrected chi connectivity index (χ4v) is 7.47. The fourth-order valence-electron chi connectivity index (χ4n) is 6.84. The van der Waals surface area contributed by atoms with E-state index in [1.165, 1.54) is 22.3 Å². The molecule has 0 bridgehead atoms. The third kappa shape index (κ3) is 3.41. The van der Waals surface area contributed by atoms with E-state index in [2.05, 4.69) is 157 Å². The lowest BCUT2D eigenvalue weighted by atomic mass is 9.67. The summed E-state index contributed by atoms with van der Waals surface area (Å²) < 4.78 is 3.43. The van der Waals surface area contributed by atoms with Crippen LogP contribution in [0.25, 0.3) is 39.2 Å². The van der Waals surface area contributed by atoms with Gasteiger partial charge >= 0.3 is 0 Å². The van der Waals surface area contributed by atoms with Crippen LogP contribution >= 0.6 is 15.9 Å². The summed E-state index contributed by atoms with van der Waals surface area (Å²) in [5, 5.41) is 0. The molecular formula is C35H29BrN2. The van der Waals surface area contributed by atoms with E-state index in [1.54, 1.807) is 0 Å². The van der Waals surface area contributed by atoms with Gasteiger partial charge in [-0.3, -0.25) is 4.57 Å². The van der Waals surface area contributed by atoms with Gasteiger partial charge in [-0.05, 0) is 70.0 Å². The molecule has 0 aliphatic heterocycles. The van der Waals surface area contributed by atoms with Crippen LogP contribution in [-0.4, -0.2) is 9.55 Å². The second-order valence-electron chi connectivity index (χ2n) is 11.3. The summed E-state index contributed by atoms with van der Waals surface area (Å²) in [6.45, 7) is 7.15. The van der Waals surface area contributed by atoms with Crippen LogP contribution in [0.1, 0.15) is 31.9 Å². The predicted octanol–water partition coefficient (Wildman–Crippen LogP) is 9.37. The smallest absolute Gasteiger partial charge is 0.145 e. The van der Waals surface area contributed by atoms with Crippen molar-refractivity contribution in [1.29, 1.82) is 0 Å². The number of benzene rings is 4. The van der Waals surface area contributed by atoms with Gasteiger partial charge in [-0.2, -0.15) is 0 Å². The predicted molar refractivity (Wildman–Crippen MR) is 162 cm³/mol. The van der Waals surface area contributed by atoms with Gasteiger partial charge in [0.15, 0.2) is 0 Å². The van der Waals surface area contributed by atoms with E-state index in [0.717, 1.165) is 32.6 Å². The Bertz CT molecular complexity index is 1770. The molecular weight excluding hydrogens is 528 g/mol. The SMILES string of the molecule is CC1(C)c2ccc(-c3cccc(-c4nc5ccccc5n4-c4ccccc4)c3)cc2C2(C)C=C(Br)C=CC12. The van der Waals surface area contributed by atoms with Crippen LogP contribution in [0.15, 0.2) is 120 Å². The quantitative estimate of drug-likeness (QED) is 0.216. The molecule has 0 saturated heterocycles. The Morgan fingerprint density at radius 1 is 0.737 bits per heavy atom. The highest BCUT2D eigenvalue weighted by Gasteiger charge is 2.52. The molecule has 186 valence electrons. The highest BCUT2D eigenvalue weighted by molar-refractivity contribution is 9.11. The van der Waals surface area contributed by atoms with Crippen LogP contribution in [0.2, 0.25) is 0 Å². The van der Waals surface area contributed by atoms with Crippen LogP contribution in [0.4, 0.5) is 0 Å². The molecule has 38 heavy (non-hydrogen) atoms. The highest BCUT2D eigenvalue weighted by atomic mass is 79.9. The first-order valence-electron chi connectivity index (χ1n) is 13.2. The van der Waals surface area contributed by atoms with Crippen LogP contribution in [0, 0.1) is 5.92 Å². The highest BCUT2D eigenvalue weighted by Crippen LogP contribution is 2.57. The first-order valence-corrected chi connectivity index (χ1v) is 14.0. The molecule has 2 aliphatic carbocycles. The Kier molecular flexibility index (Phi) is 5.18. The molecule has 2 unspecified atom stereocenters. The monoisotopic (exact) mass is 556 g/mol. The van der Waals surface area contributed by atoms with Crippen molar-refractivity contribution in [3.8, 4) is 28.2 Å². The summed E-state index contributed by atoms with van der Waals surface area (Å²) in [5.41, 5.74) is 9.68. The number of imidazole rings is 1. The van der Waals surface area contributed by atoms with E-state index in [0.29, 0.717) is 5.92 Å². The van der Waals surface area contributed by atoms with Gasteiger partial charge in [0.1, 0.15) is 5.82 Å². The average Bonchev–Trinajstić information content (AvgIpc) is 3.40. The van der Waals surface area contributed by atoms with Crippen molar-refractivity contribution in [2.75, 3.05) is 0 Å². The average molecular weight is 558 g/mol. The van der Waals surface area contributed by atoms with E-state index in [9.17, 15) is 0 Å². The molecule has 0 fully saturated rings. The van der Waals surface area contributed by atoms with Crippen molar-refractivity contribution in [1.82, 2.24) is 9.55 Å². The van der Waals surface area contributed by atoms with Gasteiger partial charge in [0.2, 0.25) is 0 Å². The van der Waals surface area contributed by atoms with Crippen molar-refractivity contribution >= 4 is 27.0 Å². The summed E-state index contributed by atoms with van der Waals surface area (Å²) in [4.78, 5) is 5.09. The Morgan fingerprint density at radius 2 is 1.47 bits per heavy atom. The second-order valence-corrected chi connectivity index (χ2v) is 12.2. The van der Waals surface area contributed by atoms with Gasteiger partial charge < -0.3 is 0 Å². The second kappa shape index (κ2) is 8.41. The summed E-state index contributed by atoms with van der Waals surface area (Å²) >= 11 is 3.75. The molecule has 0 N–H and O–H groups in total. The molecule has 5 aromatic rings. The summed E-state index contributed by atoms with van der Waals surface area (Å²) in [6.07, 6.45) is 7.00. The maximum atomic E-state index is 5.09. The summed E-state index contributed by atoms with van der Waals surface area (Å²) in [5.74, 6) is 1.39. The van der Waals surface area contributed by atoms with Gasteiger partial charge in [-0.1, -0.05) is 116 Å². The number of hydrogen-bond acceptors (Lipinski definition) is 1. The van der Waals surface area contributed by atoms with Crippen LogP contribution in [-0.2, 0) is 10.8 Å². The van der Waals surface area contributed by atoms with E-state index >= 15 is 0 Å². The lowest BCUT2D eigenvalue weighted by Crippen LogP contribution is -2.34. The van der Waals surface area contributed by atoms with Crippen molar-refractivity contribution in [2.45, 2.75) is 31.6 Å². The van der Waals surface area contributed by atoms with Crippen molar-refractivity contribution in [2.24, 2.45) is 5.92 Å². The Morgan fingerprint density at radius 3 is 2.32 bits per heavy atom. The first kappa shape index (κ1) is 23.4. The minimum Gasteiger partial charge on any atom is -0.292 e. The van der Waals surface area contributed by atoms with Crippen LogP contribution < -0.4 is 0 Å². The molecule has 0 radical (unpaired) electrons. The van der Waals surface area contributed by atoms with E-state index in [1.807, 2.05) is 0 Å². The van der Waals surface area contributed by atoms with Crippen molar-refractivity contribution < 1.29 is 0 Å². The number of fused-ring (bicyclic) bond motifs is 4. The molecule has 2 nitrogen and oxygen atoms in total. The number of para-hydroxylation sites is 3. The zero-order valence-corrected chi connectivity index (χ0v) is 23.4. The Balaban J connectivity index is 1.38. The topological polar surface area (TPSA) is 17.8 Å². The van der Waals surface area contributed by atoms with Crippen molar-refractivity contribution in [3.05, 3.63) is 131 Å². The molecule has 1 heterocycles. The van der Waals surface area contributed by atoms with E-state index in [-0.39, 0.29) is 10.8 Å². The lowest BCUT2D eigenvalue weighted by molar-refractivity contribution is 0.323. The zero-order chi connectivity index (χ0) is 26.1. The third-order valence-corrected chi connectivity index (χ3v) is 9.13. The van der Waals surface area contributed by atoms with Gasteiger partial charge in [-0.25, -0.2) is 4.98 Å². The summed E-state index contributed by atoms with van der Waals surface area (Å²) in [7, 11) is 0. The van der Waals surface area contributed by atoms with Gasteiger partial charge in [0.05, 0.1) is 11.0 Å². The van der Waals surface area contributed by atoms with Crippen LogP contribution in [0.5, 0.6) is 0 Å². The third-order valence-electron chi connectivity index (χ3n) is 8.63. The molecule has 2 atom stereocenters. The molecule has 2 aliphatic rings. The molecule has 3 heteroatoms.